The first kappa shape index (κ1) is 9.10. The van der Waals surface area contributed by atoms with Crippen LogP contribution in [0.1, 0.15) is 24.4 Å². The molecule has 0 unspecified atom stereocenters. The fraction of sp³-hybridized carbons (Fsp3) is 0.455. The molecule has 0 aromatic heterocycles. The van der Waals surface area contributed by atoms with Gasteiger partial charge in [-0.2, -0.15) is 0 Å². The standard InChI is InChI=1S/C11H15NS/c1-13-10-6-4-9(5-7-10)11-3-2-8-12-11/h4-7,11-12H,2-3,8H2,1H3/t11-/m0/s1. The second kappa shape index (κ2) is 4.16. The molecule has 1 nitrogen and oxygen atoms in total. The Kier molecular flexibility index (Phi) is 2.91. The molecule has 1 N–H and O–H groups in total. The van der Waals surface area contributed by atoms with Crippen molar-refractivity contribution in [2.45, 2.75) is 23.8 Å². The van der Waals surface area contributed by atoms with Gasteiger partial charge in [-0.3, -0.25) is 0 Å². The lowest BCUT2D eigenvalue weighted by molar-refractivity contribution is 0.647. The first-order valence-electron chi connectivity index (χ1n) is 4.77. The van der Waals surface area contributed by atoms with Crippen LogP contribution in [0.3, 0.4) is 0 Å². The molecular formula is C11H15NS. The Labute approximate surface area is 83.9 Å². The Morgan fingerprint density at radius 2 is 2.08 bits per heavy atom. The predicted octanol–water partition coefficient (Wildman–Crippen LogP) is 2.83. The molecule has 1 saturated heterocycles. The van der Waals surface area contributed by atoms with E-state index in [4.69, 9.17) is 0 Å². The van der Waals surface area contributed by atoms with Crippen molar-refractivity contribution in [2.75, 3.05) is 12.8 Å². The highest BCUT2D eigenvalue weighted by Crippen LogP contribution is 2.24. The van der Waals surface area contributed by atoms with Gasteiger partial charge in [0.25, 0.3) is 0 Å². The van der Waals surface area contributed by atoms with Gasteiger partial charge in [-0.25, -0.2) is 0 Å². The van der Waals surface area contributed by atoms with E-state index in [1.165, 1.54) is 29.8 Å². The highest BCUT2D eigenvalue weighted by atomic mass is 32.2. The minimum atomic E-state index is 0.607. The van der Waals surface area contributed by atoms with E-state index >= 15 is 0 Å². The van der Waals surface area contributed by atoms with Gasteiger partial charge in [-0.05, 0) is 43.3 Å². The molecule has 2 heteroatoms. The van der Waals surface area contributed by atoms with E-state index in [-0.39, 0.29) is 0 Å². The maximum Gasteiger partial charge on any atom is 0.0320 e. The second-order valence-corrected chi connectivity index (χ2v) is 4.30. The highest BCUT2D eigenvalue weighted by molar-refractivity contribution is 7.98. The van der Waals surface area contributed by atoms with Crippen LogP contribution >= 0.6 is 11.8 Å². The molecule has 0 saturated carbocycles. The van der Waals surface area contributed by atoms with Crippen LogP contribution in [0.5, 0.6) is 0 Å². The molecule has 1 aromatic rings. The van der Waals surface area contributed by atoms with Crippen LogP contribution < -0.4 is 5.32 Å². The van der Waals surface area contributed by atoms with Crippen LogP contribution in [-0.4, -0.2) is 12.8 Å². The molecule has 0 spiro atoms. The van der Waals surface area contributed by atoms with E-state index < -0.39 is 0 Å². The average molecular weight is 193 g/mol. The number of benzene rings is 1. The third kappa shape index (κ3) is 2.06. The average Bonchev–Trinajstić information content (AvgIpc) is 2.71. The van der Waals surface area contributed by atoms with Crippen molar-refractivity contribution in [1.82, 2.24) is 5.32 Å². The summed E-state index contributed by atoms with van der Waals surface area (Å²) < 4.78 is 0. The van der Waals surface area contributed by atoms with Gasteiger partial charge in [-0.1, -0.05) is 12.1 Å². The van der Waals surface area contributed by atoms with Crippen LogP contribution in [0.25, 0.3) is 0 Å². The smallest absolute Gasteiger partial charge is 0.0320 e. The zero-order valence-corrected chi connectivity index (χ0v) is 8.73. The number of thioether (sulfide) groups is 1. The summed E-state index contributed by atoms with van der Waals surface area (Å²) in [6, 6.07) is 9.51. The van der Waals surface area contributed by atoms with Crippen LogP contribution in [0.15, 0.2) is 29.2 Å². The Bertz CT molecular complexity index is 262. The lowest BCUT2D eigenvalue weighted by atomic mass is 10.1. The van der Waals surface area contributed by atoms with Crippen molar-refractivity contribution in [3.05, 3.63) is 29.8 Å². The van der Waals surface area contributed by atoms with Gasteiger partial charge < -0.3 is 5.32 Å². The number of nitrogens with one attached hydrogen (secondary N) is 1. The van der Waals surface area contributed by atoms with Crippen molar-refractivity contribution in [3.63, 3.8) is 0 Å². The lowest BCUT2D eigenvalue weighted by Gasteiger charge is -2.10. The van der Waals surface area contributed by atoms with Crippen molar-refractivity contribution in [2.24, 2.45) is 0 Å². The molecule has 0 amide bonds. The summed E-state index contributed by atoms with van der Waals surface area (Å²) in [5.41, 5.74) is 1.44. The van der Waals surface area contributed by atoms with Gasteiger partial charge in [0.05, 0.1) is 0 Å². The third-order valence-electron chi connectivity index (χ3n) is 2.58. The first-order chi connectivity index (χ1) is 6.40. The van der Waals surface area contributed by atoms with Gasteiger partial charge in [0.15, 0.2) is 0 Å². The van der Waals surface area contributed by atoms with Crippen molar-refractivity contribution < 1.29 is 0 Å². The largest absolute Gasteiger partial charge is 0.310 e. The van der Waals surface area contributed by atoms with E-state index in [1.807, 2.05) is 0 Å². The van der Waals surface area contributed by atoms with E-state index in [9.17, 15) is 0 Å². The minimum absolute atomic E-state index is 0.607. The molecule has 2 rings (SSSR count). The SMILES string of the molecule is CSc1ccc([C@@H]2CCCN2)cc1. The quantitative estimate of drug-likeness (QED) is 0.725. The molecular weight excluding hydrogens is 178 g/mol. The Hall–Kier alpha value is -0.470. The van der Waals surface area contributed by atoms with Crippen LogP contribution in [0.4, 0.5) is 0 Å². The maximum absolute atomic E-state index is 3.50. The zero-order chi connectivity index (χ0) is 9.10. The predicted molar refractivity (Wildman–Crippen MR) is 58.2 cm³/mol. The summed E-state index contributed by atoms with van der Waals surface area (Å²) in [4.78, 5) is 1.35. The molecule has 0 aliphatic carbocycles. The monoisotopic (exact) mass is 193 g/mol. The number of hydrogen-bond acceptors (Lipinski definition) is 2. The first-order valence-corrected chi connectivity index (χ1v) is 6.00. The molecule has 1 aromatic carbocycles. The fourth-order valence-corrected chi connectivity index (χ4v) is 2.21. The number of hydrogen-bond donors (Lipinski definition) is 1. The summed E-state index contributed by atoms with van der Waals surface area (Å²) >= 11 is 1.80. The Balaban J connectivity index is 2.12. The second-order valence-electron chi connectivity index (χ2n) is 3.42. The van der Waals surface area contributed by atoms with Crippen LogP contribution in [-0.2, 0) is 0 Å². The van der Waals surface area contributed by atoms with Gasteiger partial charge in [0, 0.05) is 10.9 Å². The van der Waals surface area contributed by atoms with Gasteiger partial charge in [0.1, 0.15) is 0 Å². The zero-order valence-electron chi connectivity index (χ0n) is 7.92. The summed E-state index contributed by atoms with van der Waals surface area (Å²) in [5.74, 6) is 0. The molecule has 1 atom stereocenters. The fourth-order valence-electron chi connectivity index (χ4n) is 1.81. The summed E-state index contributed by atoms with van der Waals surface area (Å²) in [5, 5.41) is 3.50. The molecule has 0 bridgehead atoms. The van der Waals surface area contributed by atoms with Gasteiger partial charge in [-0.15, -0.1) is 11.8 Å². The lowest BCUT2D eigenvalue weighted by Crippen LogP contribution is -2.12. The van der Waals surface area contributed by atoms with Crippen molar-refractivity contribution in [1.29, 1.82) is 0 Å². The summed E-state index contributed by atoms with van der Waals surface area (Å²) in [7, 11) is 0. The molecule has 13 heavy (non-hydrogen) atoms. The molecule has 1 aliphatic rings. The highest BCUT2D eigenvalue weighted by Gasteiger charge is 2.15. The van der Waals surface area contributed by atoms with Crippen molar-refractivity contribution in [3.8, 4) is 0 Å². The summed E-state index contributed by atoms with van der Waals surface area (Å²) in [6.07, 6.45) is 4.72. The van der Waals surface area contributed by atoms with Crippen molar-refractivity contribution >= 4 is 11.8 Å². The Morgan fingerprint density at radius 1 is 1.31 bits per heavy atom. The maximum atomic E-state index is 3.50. The normalized spacial score (nSPS) is 22.1. The minimum Gasteiger partial charge on any atom is -0.310 e. The molecule has 1 fully saturated rings. The van der Waals surface area contributed by atoms with E-state index in [0.29, 0.717) is 6.04 Å². The third-order valence-corrected chi connectivity index (χ3v) is 3.32. The molecule has 70 valence electrons. The number of rotatable bonds is 2. The van der Waals surface area contributed by atoms with Crippen LogP contribution in [0.2, 0.25) is 0 Å². The Morgan fingerprint density at radius 3 is 2.62 bits per heavy atom. The molecule has 0 radical (unpaired) electrons. The van der Waals surface area contributed by atoms with E-state index in [0.717, 1.165) is 0 Å². The molecule has 1 aliphatic heterocycles. The van der Waals surface area contributed by atoms with Gasteiger partial charge in [0.2, 0.25) is 0 Å². The molecule has 1 heterocycles. The topological polar surface area (TPSA) is 12.0 Å². The summed E-state index contributed by atoms with van der Waals surface area (Å²) in [6.45, 7) is 1.18. The van der Waals surface area contributed by atoms with Gasteiger partial charge >= 0.3 is 0 Å². The van der Waals surface area contributed by atoms with E-state index in [2.05, 4.69) is 35.8 Å². The van der Waals surface area contributed by atoms with E-state index in [1.54, 1.807) is 11.8 Å². The van der Waals surface area contributed by atoms with Crippen LogP contribution in [0, 0.1) is 0 Å².